The second-order valence-electron chi connectivity index (χ2n) is 1.40. The molecule has 58 valence electrons. The van der Waals surface area contributed by atoms with Crippen LogP contribution in [0.5, 0.6) is 0 Å². The highest BCUT2D eigenvalue weighted by Gasteiger charge is 2.33. The first-order valence-corrected chi connectivity index (χ1v) is 2.91. The van der Waals surface area contributed by atoms with E-state index in [0.29, 0.717) is 6.21 Å². The number of rotatable bonds is 1. The van der Waals surface area contributed by atoms with Crippen LogP contribution in [0.3, 0.4) is 0 Å². The van der Waals surface area contributed by atoms with Gasteiger partial charge in [-0.3, -0.25) is 0 Å². The molecule has 2 nitrogen and oxygen atoms in total. The zero-order chi connectivity index (χ0) is 8.36. The minimum atomic E-state index is -4.56. The summed E-state index contributed by atoms with van der Waals surface area (Å²) in [6.45, 7) is 0. The van der Waals surface area contributed by atoms with Gasteiger partial charge in [0.25, 0.3) is 0 Å². The van der Waals surface area contributed by atoms with Gasteiger partial charge >= 0.3 is 6.18 Å². The van der Waals surface area contributed by atoms with Gasteiger partial charge in [0.2, 0.25) is 0 Å². The molecule has 0 aromatic carbocycles. The van der Waals surface area contributed by atoms with Crippen molar-refractivity contribution in [3.63, 3.8) is 0 Å². The molecule has 0 atom stereocenters. The van der Waals surface area contributed by atoms with Gasteiger partial charge in [0, 0.05) is 6.21 Å². The Bertz CT molecular complexity index is 172. The first-order valence-electron chi connectivity index (χ1n) is 2.12. The number of halogens is 4. The first kappa shape index (κ1) is 9.48. The molecule has 0 saturated heterocycles. The van der Waals surface area contributed by atoms with Crippen LogP contribution in [0.1, 0.15) is 0 Å². The molecule has 0 radical (unpaired) electrons. The molecule has 0 aliphatic rings. The van der Waals surface area contributed by atoms with E-state index in [2.05, 4.69) is 21.7 Å². The zero-order valence-electron chi connectivity index (χ0n) is 4.67. The smallest absolute Gasteiger partial charge is 0.394 e. The van der Waals surface area contributed by atoms with E-state index in [1.807, 2.05) is 0 Å². The van der Waals surface area contributed by atoms with Crippen LogP contribution >= 0.6 is 15.9 Å². The minimum Gasteiger partial charge on any atom is -0.394 e. The fourth-order valence-electron chi connectivity index (χ4n) is 0.213. The van der Waals surface area contributed by atoms with Gasteiger partial charge in [-0.1, -0.05) is 0 Å². The molecule has 0 aliphatic carbocycles. The van der Waals surface area contributed by atoms with E-state index in [-0.39, 0.29) is 0 Å². The highest BCUT2D eigenvalue weighted by atomic mass is 79.9. The highest BCUT2D eigenvalue weighted by molar-refractivity contribution is 9.12. The van der Waals surface area contributed by atoms with Crippen molar-refractivity contribution < 1.29 is 13.2 Å². The van der Waals surface area contributed by atoms with E-state index in [0.717, 1.165) is 0 Å². The summed E-state index contributed by atoms with van der Waals surface area (Å²) in [6.07, 6.45) is -4.07. The number of nitrogens with two attached hydrogens (primary N) is 1. The summed E-state index contributed by atoms with van der Waals surface area (Å²) >= 11 is 2.47. The maximum atomic E-state index is 11.6. The van der Waals surface area contributed by atoms with Crippen LogP contribution in [0, 0.1) is 5.41 Å². The van der Waals surface area contributed by atoms with Crippen molar-refractivity contribution in [3.8, 4) is 0 Å². The van der Waals surface area contributed by atoms with Gasteiger partial charge in [0.1, 0.15) is 5.70 Å². The van der Waals surface area contributed by atoms with Crippen molar-refractivity contribution in [1.82, 2.24) is 0 Å². The lowest BCUT2D eigenvalue weighted by Gasteiger charge is -2.05. The SMILES string of the molecule is N=C/C(Br)=C(\N)C(F)(F)F. The summed E-state index contributed by atoms with van der Waals surface area (Å²) in [6, 6.07) is 0. The summed E-state index contributed by atoms with van der Waals surface area (Å²) < 4.78 is 34.3. The van der Waals surface area contributed by atoms with Crippen LogP contribution in [-0.4, -0.2) is 12.4 Å². The Hall–Kier alpha value is -0.520. The van der Waals surface area contributed by atoms with Crippen molar-refractivity contribution in [2.24, 2.45) is 5.73 Å². The standard InChI is InChI=1S/C4H4BrF3N2/c5-2(1-9)3(10)4(6,7)8/h1,9H,10H2/b3-2+,9-1?. The fourth-order valence-corrected chi connectivity index (χ4v) is 0.438. The van der Waals surface area contributed by atoms with Crippen molar-refractivity contribution in [1.29, 1.82) is 5.41 Å². The Labute approximate surface area is 63.5 Å². The van der Waals surface area contributed by atoms with E-state index >= 15 is 0 Å². The molecule has 0 aliphatic heterocycles. The molecule has 0 aromatic rings. The van der Waals surface area contributed by atoms with E-state index in [4.69, 9.17) is 5.41 Å². The van der Waals surface area contributed by atoms with Gasteiger partial charge in [-0.25, -0.2) is 0 Å². The van der Waals surface area contributed by atoms with Crippen molar-refractivity contribution >= 4 is 22.1 Å². The number of hydrogen-bond acceptors (Lipinski definition) is 2. The Morgan fingerprint density at radius 2 is 1.90 bits per heavy atom. The fraction of sp³-hybridized carbons (Fsp3) is 0.250. The van der Waals surface area contributed by atoms with Gasteiger partial charge in [-0.2, -0.15) is 13.2 Å². The molecule has 10 heavy (non-hydrogen) atoms. The second-order valence-corrected chi connectivity index (χ2v) is 2.26. The molecular weight excluding hydrogens is 213 g/mol. The predicted molar refractivity (Wildman–Crippen MR) is 35.0 cm³/mol. The lowest BCUT2D eigenvalue weighted by atomic mass is 10.4. The monoisotopic (exact) mass is 216 g/mol. The lowest BCUT2D eigenvalue weighted by Crippen LogP contribution is -2.20. The van der Waals surface area contributed by atoms with Crippen LogP contribution < -0.4 is 5.73 Å². The van der Waals surface area contributed by atoms with Crippen LogP contribution in [0.25, 0.3) is 0 Å². The molecule has 0 saturated carbocycles. The molecule has 0 fully saturated rings. The van der Waals surface area contributed by atoms with Crippen LogP contribution in [0.15, 0.2) is 10.2 Å². The third-order valence-electron chi connectivity index (χ3n) is 0.689. The van der Waals surface area contributed by atoms with Gasteiger partial charge in [-0.05, 0) is 15.9 Å². The Morgan fingerprint density at radius 3 is 2.00 bits per heavy atom. The molecule has 3 N–H and O–H groups in total. The quantitative estimate of drug-likeness (QED) is 0.646. The average Bonchev–Trinajstić information content (AvgIpc) is 1.83. The van der Waals surface area contributed by atoms with Gasteiger partial charge in [-0.15, -0.1) is 0 Å². The average molecular weight is 217 g/mol. The third kappa shape index (κ3) is 2.38. The molecule has 0 unspecified atom stereocenters. The molecule has 0 aromatic heterocycles. The largest absolute Gasteiger partial charge is 0.431 e. The maximum absolute atomic E-state index is 11.6. The van der Waals surface area contributed by atoms with Crippen LogP contribution in [0.4, 0.5) is 13.2 Å². The number of nitrogens with one attached hydrogen (secondary N) is 1. The molecule has 0 heterocycles. The summed E-state index contributed by atoms with van der Waals surface area (Å²) in [5.74, 6) is 0. The second kappa shape index (κ2) is 3.05. The molecule has 0 rings (SSSR count). The normalized spacial score (nSPS) is 14.4. The zero-order valence-corrected chi connectivity index (χ0v) is 6.25. The van der Waals surface area contributed by atoms with E-state index in [1.165, 1.54) is 0 Å². The summed E-state index contributed by atoms with van der Waals surface area (Å²) in [5, 5.41) is 6.41. The number of alkyl halides is 3. The topological polar surface area (TPSA) is 49.9 Å². The third-order valence-corrected chi connectivity index (χ3v) is 1.35. The highest BCUT2D eigenvalue weighted by Crippen LogP contribution is 2.25. The molecule has 0 amide bonds. The van der Waals surface area contributed by atoms with Crippen molar-refractivity contribution in [2.45, 2.75) is 6.18 Å². The summed E-state index contributed by atoms with van der Waals surface area (Å²) in [7, 11) is 0. The van der Waals surface area contributed by atoms with Crippen molar-refractivity contribution in [2.75, 3.05) is 0 Å². The molecule has 0 bridgehead atoms. The summed E-state index contributed by atoms with van der Waals surface area (Å²) in [4.78, 5) is 0. The molecule has 0 spiro atoms. The Balaban J connectivity index is 4.63. The minimum absolute atomic E-state index is 0.458. The van der Waals surface area contributed by atoms with Crippen LogP contribution in [-0.2, 0) is 0 Å². The van der Waals surface area contributed by atoms with Gasteiger partial charge < -0.3 is 11.1 Å². The maximum Gasteiger partial charge on any atom is 0.431 e. The lowest BCUT2D eigenvalue weighted by molar-refractivity contribution is -0.0926. The van der Waals surface area contributed by atoms with Gasteiger partial charge in [0.15, 0.2) is 0 Å². The summed E-state index contributed by atoms with van der Waals surface area (Å²) in [5.41, 5.74) is 3.27. The first-order chi connectivity index (χ1) is 4.39. The molecule has 6 heteroatoms. The van der Waals surface area contributed by atoms with E-state index < -0.39 is 16.4 Å². The Kier molecular flexibility index (Phi) is 2.89. The molecular formula is C4H4BrF3N2. The number of hydrogen-bond donors (Lipinski definition) is 2. The van der Waals surface area contributed by atoms with E-state index in [9.17, 15) is 13.2 Å². The van der Waals surface area contributed by atoms with E-state index in [1.54, 1.807) is 0 Å². The predicted octanol–water partition coefficient (Wildman–Crippen LogP) is 1.76. The van der Waals surface area contributed by atoms with Gasteiger partial charge in [0.05, 0.1) is 4.48 Å². The van der Waals surface area contributed by atoms with Crippen molar-refractivity contribution in [3.05, 3.63) is 10.2 Å². The number of allylic oxidation sites excluding steroid dienone is 2. The Morgan fingerprint density at radius 1 is 1.50 bits per heavy atom. The van der Waals surface area contributed by atoms with Crippen LogP contribution in [0.2, 0.25) is 0 Å².